The first-order valence-corrected chi connectivity index (χ1v) is 10.3. The number of rotatable bonds is 13. The zero-order valence-corrected chi connectivity index (χ0v) is 16.8. The van der Waals surface area contributed by atoms with E-state index in [0.717, 1.165) is 12.2 Å². The smallest absolute Gasteiger partial charge is 0.335 e. The molecule has 0 aliphatic rings. The minimum atomic E-state index is -0.272. The van der Waals surface area contributed by atoms with Gasteiger partial charge in [0.1, 0.15) is 5.75 Å². The van der Waals surface area contributed by atoms with Crippen molar-refractivity contribution in [2.24, 2.45) is 7.05 Å². The van der Waals surface area contributed by atoms with Gasteiger partial charge < -0.3 is 9.84 Å². The number of benzene rings is 1. The van der Waals surface area contributed by atoms with Crippen LogP contribution in [-0.2, 0) is 7.05 Å². The number of imidazole rings is 1. The van der Waals surface area contributed by atoms with Crippen molar-refractivity contribution >= 4 is 0 Å². The van der Waals surface area contributed by atoms with E-state index in [-0.39, 0.29) is 11.6 Å². The lowest BCUT2D eigenvalue weighted by molar-refractivity contribution is 0.304. The van der Waals surface area contributed by atoms with E-state index in [1.54, 1.807) is 19.2 Å². The Balaban J connectivity index is 1.61. The third-order valence-corrected chi connectivity index (χ3v) is 4.89. The van der Waals surface area contributed by atoms with Crippen molar-refractivity contribution < 1.29 is 9.84 Å². The molecule has 0 unspecified atom stereocenters. The van der Waals surface area contributed by atoms with E-state index in [1.165, 1.54) is 73.1 Å². The molecule has 0 saturated heterocycles. The van der Waals surface area contributed by atoms with Gasteiger partial charge in [-0.2, -0.15) is 0 Å². The maximum atomic E-state index is 12.0. The molecule has 0 fully saturated rings. The van der Waals surface area contributed by atoms with Crippen LogP contribution in [0.4, 0.5) is 0 Å². The number of hydrogen-bond acceptors (Lipinski definition) is 3. The molecule has 2 aromatic rings. The molecule has 0 radical (unpaired) electrons. The van der Waals surface area contributed by atoms with Crippen LogP contribution in [0.2, 0.25) is 0 Å². The van der Waals surface area contributed by atoms with E-state index in [4.69, 9.17) is 4.74 Å². The SMILES string of the molecule is CCCCCCCCCCCCOc1ccc(-n2c(O)cn(C)c2=O)cc1. The highest BCUT2D eigenvalue weighted by Gasteiger charge is 2.09. The van der Waals surface area contributed by atoms with E-state index in [0.29, 0.717) is 12.3 Å². The summed E-state index contributed by atoms with van der Waals surface area (Å²) in [6.45, 7) is 2.97. The monoisotopic (exact) mass is 374 g/mol. The Labute approximate surface area is 162 Å². The fourth-order valence-corrected chi connectivity index (χ4v) is 3.26. The number of ether oxygens (including phenoxy) is 1. The summed E-state index contributed by atoms with van der Waals surface area (Å²) in [6.07, 6.45) is 14.5. The van der Waals surface area contributed by atoms with Gasteiger partial charge in [-0.25, -0.2) is 9.36 Å². The Hall–Kier alpha value is -2.17. The molecule has 0 bridgehead atoms. The Bertz CT molecular complexity index is 716. The lowest BCUT2D eigenvalue weighted by atomic mass is 10.1. The second kappa shape index (κ2) is 11.5. The number of unbranched alkanes of at least 4 members (excludes halogenated alkanes) is 9. The van der Waals surface area contributed by atoms with Gasteiger partial charge in [-0.15, -0.1) is 0 Å². The second-order valence-electron chi connectivity index (χ2n) is 7.24. The molecule has 1 N–H and O–H groups in total. The minimum absolute atomic E-state index is 0.0680. The lowest BCUT2D eigenvalue weighted by Gasteiger charge is -2.08. The molecule has 2 rings (SSSR count). The fraction of sp³-hybridized carbons (Fsp3) is 0.591. The molecule has 1 aromatic carbocycles. The lowest BCUT2D eigenvalue weighted by Crippen LogP contribution is -2.20. The highest BCUT2D eigenvalue weighted by molar-refractivity contribution is 5.39. The van der Waals surface area contributed by atoms with Crippen molar-refractivity contribution in [1.82, 2.24) is 9.13 Å². The van der Waals surface area contributed by atoms with Crippen molar-refractivity contribution in [1.29, 1.82) is 0 Å². The van der Waals surface area contributed by atoms with Crippen LogP contribution in [0.1, 0.15) is 71.1 Å². The van der Waals surface area contributed by atoms with Gasteiger partial charge in [0.2, 0.25) is 5.88 Å². The third-order valence-electron chi connectivity index (χ3n) is 4.89. The van der Waals surface area contributed by atoms with Crippen molar-refractivity contribution in [2.75, 3.05) is 6.61 Å². The van der Waals surface area contributed by atoms with Crippen LogP contribution in [0.5, 0.6) is 11.6 Å². The van der Waals surface area contributed by atoms with Crippen LogP contribution in [0.25, 0.3) is 5.69 Å². The van der Waals surface area contributed by atoms with E-state index < -0.39 is 0 Å². The summed E-state index contributed by atoms with van der Waals surface area (Å²) in [5.41, 5.74) is 0.357. The second-order valence-corrected chi connectivity index (χ2v) is 7.24. The van der Waals surface area contributed by atoms with Crippen molar-refractivity contribution in [3.8, 4) is 17.3 Å². The van der Waals surface area contributed by atoms with Gasteiger partial charge in [-0.1, -0.05) is 64.7 Å². The van der Waals surface area contributed by atoms with Gasteiger partial charge in [0.05, 0.1) is 18.5 Å². The highest BCUT2D eigenvalue weighted by Crippen LogP contribution is 2.19. The largest absolute Gasteiger partial charge is 0.494 e. The Morgan fingerprint density at radius 2 is 1.44 bits per heavy atom. The molecule has 5 heteroatoms. The van der Waals surface area contributed by atoms with E-state index in [2.05, 4.69) is 6.92 Å². The molecule has 0 aliphatic carbocycles. The summed E-state index contributed by atoms with van der Waals surface area (Å²) in [6, 6.07) is 7.25. The average Bonchev–Trinajstić information content (AvgIpc) is 2.92. The molecule has 1 heterocycles. The molecule has 0 spiro atoms. The van der Waals surface area contributed by atoms with Crippen LogP contribution in [-0.4, -0.2) is 20.8 Å². The third kappa shape index (κ3) is 6.81. The molecule has 27 heavy (non-hydrogen) atoms. The zero-order chi connectivity index (χ0) is 19.5. The Kier molecular flexibility index (Phi) is 9.02. The molecular formula is C22H34N2O3. The molecular weight excluding hydrogens is 340 g/mol. The standard InChI is InChI=1S/C22H34N2O3/c1-3-4-5-6-7-8-9-10-11-12-17-27-20-15-13-19(14-16-20)24-21(25)18-23(2)22(24)26/h13-16,18,25H,3-12,17H2,1-2H3. The predicted octanol–water partition coefficient (Wildman–Crippen LogP) is 5.18. The number of nitrogens with zero attached hydrogens (tertiary/aromatic N) is 2. The van der Waals surface area contributed by atoms with E-state index in [1.807, 2.05) is 12.1 Å². The normalized spacial score (nSPS) is 11.0. The van der Waals surface area contributed by atoms with Gasteiger partial charge >= 0.3 is 5.69 Å². The molecule has 0 amide bonds. The van der Waals surface area contributed by atoms with Gasteiger partial charge in [-0.3, -0.25) is 4.57 Å². The van der Waals surface area contributed by atoms with Crippen LogP contribution in [0, 0.1) is 0 Å². The summed E-state index contributed by atoms with van der Waals surface area (Å²) in [5, 5.41) is 9.86. The molecule has 0 saturated carbocycles. The van der Waals surface area contributed by atoms with Crippen molar-refractivity contribution in [2.45, 2.75) is 71.1 Å². The number of hydrogen-bond donors (Lipinski definition) is 1. The predicted molar refractivity (Wildman–Crippen MR) is 110 cm³/mol. The van der Waals surface area contributed by atoms with Gasteiger partial charge in [0.25, 0.3) is 0 Å². The van der Waals surface area contributed by atoms with Gasteiger partial charge in [0, 0.05) is 7.05 Å². The van der Waals surface area contributed by atoms with Crippen LogP contribution in [0.15, 0.2) is 35.3 Å². The maximum Gasteiger partial charge on any atom is 0.335 e. The van der Waals surface area contributed by atoms with Crippen LogP contribution in [0.3, 0.4) is 0 Å². The van der Waals surface area contributed by atoms with Crippen molar-refractivity contribution in [3.05, 3.63) is 40.9 Å². The fourth-order valence-electron chi connectivity index (χ4n) is 3.26. The Morgan fingerprint density at radius 1 is 0.889 bits per heavy atom. The Morgan fingerprint density at radius 3 is 1.96 bits per heavy atom. The zero-order valence-electron chi connectivity index (χ0n) is 16.8. The first kappa shape index (κ1) is 21.1. The first-order valence-electron chi connectivity index (χ1n) is 10.3. The molecule has 1 aromatic heterocycles. The van der Waals surface area contributed by atoms with Gasteiger partial charge in [-0.05, 0) is 30.7 Å². The summed E-state index contributed by atoms with van der Waals surface area (Å²) in [7, 11) is 1.61. The number of aromatic hydroxyl groups is 1. The van der Waals surface area contributed by atoms with E-state index in [9.17, 15) is 9.90 Å². The quantitative estimate of drug-likeness (QED) is 0.491. The molecule has 150 valence electrons. The summed E-state index contributed by atoms with van der Waals surface area (Å²) < 4.78 is 8.40. The van der Waals surface area contributed by atoms with E-state index >= 15 is 0 Å². The van der Waals surface area contributed by atoms with Crippen molar-refractivity contribution in [3.63, 3.8) is 0 Å². The molecule has 5 nitrogen and oxygen atoms in total. The molecule has 0 atom stereocenters. The van der Waals surface area contributed by atoms with Crippen LogP contribution < -0.4 is 10.4 Å². The van der Waals surface area contributed by atoms with Crippen LogP contribution >= 0.6 is 0 Å². The summed E-state index contributed by atoms with van der Waals surface area (Å²) in [5.74, 6) is 0.722. The number of aromatic nitrogens is 2. The average molecular weight is 375 g/mol. The first-order chi connectivity index (χ1) is 13.1. The maximum absolute atomic E-state index is 12.0. The summed E-state index contributed by atoms with van der Waals surface area (Å²) >= 11 is 0. The topological polar surface area (TPSA) is 56.4 Å². The highest BCUT2D eigenvalue weighted by atomic mass is 16.5. The summed E-state index contributed by atoms with van der Waals surface area (Å²) in [4.78, 5) is 12.0. The molecule has 0 aliphatic heterocycles. The van der Waals surface area contributed by atoms with Gasteiger partial charge in [0.15, 0.2) is 0 Å². The minimum Gasteiger partial charge on any atom is -0.494 e. The number of aryl methyl sites for hydroxylation is 1.